The summed E-state index contributed by atoms with van der Waals surface area (Å²) in [6.07, 6.45) is 3.05. The van der Waals surface area contributed by atoms with Gasteiger partial charge in [-0.15, -0.1) is 11.3 Å². The van der Waals surface area contributed by atoms with E-state index >= 15 is 0 Å². The Morgan fingerprint density at radius 1 is 1.35 bits per heavy atom. The van der Waals surface area contributed by atoms with E-state index in [1.807, 2.05) is 13.8 Å². The highest BCUT2D eigenvalue weighted by atomic mass is 32.1. The number of aromatic nitrogens is 3. The maximum atomic E-state index is 11.2. The molecule has 1 unspecified atom stereocenters. The van der Waals surface area contributed by atoms with Crippen molar-refractivity contribution >= 4 is 28.7 Å². The van der Waals surface area contributed by atoms with Gasteiger partial charge in [0.1, 0.15) is 11.3 Å². The summed E-state index contributed by atoms with van der Waals surface area (Å²) in [5.74, 6) is 0.352. The van der Waals surface area contributed by atoms with Gasteiger partial charge in [0.2, 0.25) is 11.6 Å². The zero-order chi connectivity index (χ0) is 14.7. The topological polar surface area (TPSA) is 106 Å². The van der Waals surface area contributed by atoms with Gasteiger partial charge >= 0.3 is 5.69 Å². The molecule has 2 rings (SSSR count). The van der Waals surface area contributed by atoms with Crippen LogP contribution < -0.4 is 10.6 Å². The van der Waals surface area contributed by atoms with Gasteiger partial charge in [0.15, 0.2) is 0 Å². The molecule has 0 fully saturated rings. The Morgan fingerprint density at radius 3 is 2.60 bits per heavy atom. The molecule has 0 aliphatic rings. The van der Waals surface area contributed by atoms with Crippen LogP contribution in [0.4, 0.5) is 17.3 Å². The van der Waals surface area contributed by atoms with E-state index in [9.17, 15) is 10.1 Å². The van der Waals surface area contributed by atoms with Crippen LogP contribution in [0.3, 0.4) is 0 Å². The first-order chi connectivity index (χ1) is 9.52. The molecule has 106 valence electrons. The van der Waals surface area contributed by atoms with Crippen LogP contribution in [0.5, 0.6) is 0 Å². The highest BCUT2D eigenvalue weighted by Gasteiger charge is 2.24. The Morgan fingerprint density at radius 2 is 2.05 bits per heavy atom. The van der Waals surface area contributed by atoms with Gasteiger partial charge in [0.25, 0.3) is 0 Å². The smallest absolute Gasteiger partial charge is 0.353 e. The van der Waals surface area contributed by atoms with E-state index in [0.717, 1.165) is 9.88 Å². The highest BCUT2D eigenvalue weighted by molar-refractivity contribution is 7.11. The molecule has 0 aliphatic carbocycles. The Kier molecular flexibility index (Phi) is 4.08. The number of hydrogen-bond acceptors (Lipinski definition) is 8. The van der Waals surface area contributed by atoms with Gasteiger partial charge in [-0.3, -0.25) is 10.1 Å². The average molecular weight is 294 g/mol. The van der Waals surface area contributed by atoms with Crippen LogP contribution >= 0.6 is 11.3 Å². The molecular formula is C11H14N6O2S. The molecular weight excluding hydrogens is 280 g/mol. The van der Waals surface area contributed by atoms with E-state index in [1.165, 1.54) is 17.7 Å². The predicted octanol–water partition coefficient (Wildman–Crippen LogP) is 2.36. The molecule has 2 N–H and O–H groups in total. The monoisotopic (exact) mass is 294 g/mol. The van der Waals surface area contributed by atoms with Crippen LogP contribution in [0.1, 0.15) is 22.9 Å². The summed E-state index contributed by atoms with van der Waals surface area (Å²) < 4.78 is 0. The second kappa shape index (κ2) is 5.78. The summed E-state index contributed by atoms with van der Waals surface area (Å²) >= 11 is 1.54. The summed E-state index contributed by atoms with van der Waals surface area (Å²) in [5.41, 5.74) is -0.171. The second-order valence-corrected chi connectivity index (χ2v) is 5.37. The lowest BCUT2D eigenvalue weighted by atomic mass is 10.3. The van der Waals surface area contributed by atoms with Crippen molar-refractivity contribution in [1.29, 1.82) is 0 Å². The number of thiazole rings is 1. The number of nitrogens with one attached hydrogen (secondary N) is 2. The summed E-state index contributed by atoms with van der Waals surface area (Å²) in [7, 11) is 1.58. The minimum Gasteiger partial charge on any atom is -0.367 e. The van der Waals surface area contributed by atoms with Gasteiger partial charge < -0.3 is 10.6 Å². The molecule has 1 atom stereocenters. The lowest BCUT2D eigenvalue weighted by molar-refractivity contribution is -0.383. The minimum atomic E-state index is -0.506. The molecule has 20 heavy (non-hydrogen) atoms. The fraction of sp³-hybridized carbons (Fsp3) is 0.364. The standard InChI is InChI=1S/C11H14N6O2S/c1-6-4-13-11(20-6)7(2)16-10-8(17(18)19)9(12-3)14-5-15-10/h4-5,7H,1-3H3,(H2,12,14,15,16). The van der Waals surface area contributed by atoms with E-state index in [2.05, 4.69) is 25.6 Å². The summed E-state index contributed by atoms with van der Waals surface area (Å²) in [4.78, 5) is 23.8. The van der Waals surface area contributed by atoms with E-state index in [0.29, 0.717) is 0 Å². The van der Waals surface area contributed by atoms with Crippen LogP contribution in [0, 0.1) is 17.0 Å². The van der Waals surface area contributed by atoms with Crippen molar-refractivity contribution < 1.29 is 4.92 Å². The first-order valence-electron chi connectivity index (χ1n) is 5.89. The van der Waals surface area contributed by atoms with Crippen LogP contribution in [0.2, 0.25) is 0 Å². The van der Waals surface area contributed by atoms with Gasteiger partial charge in [0, 0.05) is 18.1 Å². The van der Waals surface area contributed by atoms with Gasteiger partial charge in [-0.25, -0.2) is 15.0 Å². The van der Waals surface area contributed by atoms with Gasteiger partial charge in [0.05, 0.1) is 11.0 Å². The zero-order valence-corrected chi connectivity index (χ0v) is 12.1. The third-order valence-electron chi connectivity index (χ3n) is 2.60. The van der Waals surface area contributed by atoms with E-state index in [1.54, 1.807) is 13.2 Å². The third-order valence-corrected chi connectivity index (χ3v) is 3.70. The van der Waals surface area contributed by atoms with E-state index in [4.69, 9.17) is 0 Å². The summed E-state index contributed by atoms with van der Waals surface area (Å²) in [5, 5.41) is 17.7. The molecule has 0 spiro atoms. The largest absolute Gasteiger partial charge is 0.367 e. The Bertz CT molecular complexity index is 629. The number of rotatable bonds is 5. The maximum absolute atomic E-state index is 11.2. The van der Waals surface area contributed by atoms with Crippen LogP contribution in [-0.4, -0.2) is 26.9 Å². The van der Waals surface area contributed by atoms with Crippen molar-refractivity contribution in [2.24, 2.45) is 0 Å². The SMILES string of the molecule is CNc1ncnc(NC(C)c2ncc(C)s2)c1[N+](=O)[O-]. The van der Waals surface area contributed by atoms with Crippen LogP contribution in [0.15, 0.2) is 12.5 Å². The second-order valence-electron chi connectivity index (χ2n) is 4.10. The van der Waals surface area contributed by atoms with Crippen molar-refractivity contribution in [1.82, 2.24) is 15.0 Å². The zero-order valence-electron chi connectivity index (χ0n) is 11.2. The molecule has 0 saturated carbocycles. The molecule has 9 heteroatoms. The lowest BCUT2D eigenvalue weighted by Crippen LogP contribution is -2.11. The number of anilines is 2. The quantitative estimate of drug-likeness (QED) is 0.644. The van der Waals surface area contributed by atoms with Crippen molar-refractivity contribution in [3.05, 3.63) is 32.5 Å². The Labute approximate surface area is 119 Å². The Hall–Kier alpha value is -2.29. The highest BCUT2D eigenvalue weighted by Crippen LogP contribution is 2.31. The van der Waals surface area contributed by atoms with E-state index < -0.39 is 4.92 Å². The van der Waals surface area contributed by atoms with Crippen LogP contribution in [-0.2, 0) is 0 Å². The molecule has 8 nitrogen and oxygen atoms in total. The van der Waals surface area contributed by atoms with E-state index in [-0.39, 0.29) is 23.4 Å². The summed E-state index contributed by atoms with van der Waals surface area (Å²) in [6.45, 7) is 3.84. The van der Waals surface area contributed by atoms with Crippen molar-refractivity contribution in [3.8, 4) is 0 Å². The first kappa shape index (κ1) is 14.1. The predicted molar refractivity (Wildman–Crippen MR) is 77.1 cm³/mol. The van der Waals surface area contributed by atoms with Crippen molar-refractivity contribution in [2.75, 3.05) is 17.7 Å². The van der Waals surface area contributed by atoms with Crippen molar-refractivity contribution in [2.45, 2.75) is 19.9 Å². The van der Waals surface area contributed by atoms with Crippen molar-refractivity contribution in [3.63, 3.8) is 0 Å². The first-order valence-corrected chi connectivity index (χ1v) is 6.70. The molecule has 0 aromatic carbocycles. The molecule has 0 radical (unpaired) electrons. The fourth-order valence-electron chi connectivity index (χ4n) is 1.68. The molecule has 0 saturated heterocycles. The molecule has 0 bridgehead atoms. The molecule has 0 aliphatic heterocycles. The number of nitro groups is 1. The number of aryl methyl sites for hydroxylation is 1. The van der Waals surface area contributed by atoms with Gasteiger partial charge in [-0.2, -0.15) is 0 Å². The third kappa shape index (κ3) is 2.82. The summed E-state index contributed by atoms with van der Waals surface area (Å²) in [6, 6.07) is -0.174. The lowest BCUT2D eigenvalue weighted by Gasteiger charge is -2.12. The fourth-order valence-corrected chi connectivity index (χ4v) is 2.46. The number of hydrogen-bond donors (Lipinski definition) is 2. The molecule has 2 aromatic heterocycles. The maximum Gasteiger partial charge on any atom is 0.353 e. The van der Waals surface area contributed by atoms with Gasteiger partial charge in [-0.05, 0) is 13.8 Å². The molecule has 0 amide bonds. The van der Waals surface area contributed by atoms with Gasteiger partial charge in [-0.1, -0.05) is 0 Å². The average Bonchev–Trinajstić information content (AvgIpc) is 2.84. The normalized spacial score (nSPS) is 11.9. The Balaban J connectivity index is 2.31. The molecule has 2 heterocycles. The van der Waals surface area contributed by atoms with Crippen LogP contribution in [0.25, 0.3) is 0 Å². The molecule has 2 aromatic rings. The minimum absolute atomic E-state index is 0.171. The number of nitrogens with zero attached hydrogens (tertiary/aromatic N) is 4.